The molecule has 0 saturated heterocycles. The third kappa shape index (κ3) is 3.81. The topological polar surface area (TPSA) is 44.8 Å². The summed E-state index contributed by atoms with van der Waals surface area (Å²) in [6.45, 7) is 5.28. The van der Waals surface area contributed by atoms with E-state index in [1.54, 1.807) is 24.0 Å². The van der Waals surface area contributed by atoms with Crippen molar-refractivity contribution in [3.8, 4) is 0 Å². The normalized spacial score (nSPS) is 16.6. The molecule has 1 heterocycles. The first-order valence-electron chi connectivity index (χ1n) is 8.68. The average Bonchev–Trinajstić information content (AvgIpc) is 2.65. The number of amides is 1. The molecule has 1 aliphatic heterocycles. The molecular formula is C20H25N3O2S. The van der Waals surface area contributed by atoms with Gasteiger partial charge in [0.25, 0.3) is 0 Å². The van der Waals surface area contributed by atoms with E-state index in [2.05, 4.69) is 46.9 Å². The molecule has 0 aliphatic carbocycles. The quantitative estimate of drug-likeness (QED) is 0.780. The smallest absolute Gasteiger partial charge is 0.249 e. The van der Waals surface area contributed by atoms with Crippen LogP contribution < -0.4 is 14.5 Å². The molecule has 0 spiro atoms. The lowest BCUT2D eigenvalue weighted by Gasteiger charge is -2.40. The highest BCUT2D eigenvalue weighted by atomic mass is 32.2. The molecule has 1 aliphatic rings. The zero-order valence-corrected chi connectivity index (χ0v) is 16.5. The highest BCUT2D eigenvalue weighted by molar-refractivity contribution is 8.00. The van der Waals surface area contributed by atoms with Crippen molar-refractivity contribution in [2.24, 2.45) is 0 Å². The third-order valence-electron chi connectivity index (χ3n) is 4.65. The minimum Gasteiger partial charge on any atom is -0.383 e. The standard InChI is InChI=1S/C20H25N3O2S/c1-14-5-8-17(9-6-14)26-21-16-7-10-18-19(13-16)23(11-12-25-4)15(2)20(24)22(18)3/h5-10,13,15,21H,11-12H2,1-4H3. The van der Waals surface area contributed by atoms with Crippen molar-refractivity contribution >= 4 is 34.9 Å². The molecule has 26 heavy (non-hydrogen) atoms. The van der Waals surface area contributed by atoms with Gasteiger partial charge in [0, 0.05) is 31.3 Å². The van der Waals surface area contributed by atoms with Gasteiger partial charge in [0.1, 0.15) is 6.04 Å². The molecule has 6 heteroatoms. The van der Waals surface area contributed by atoms with Gasteiger partial charge in [-0.15, -0.1) is 0 Å². The Balaban J connectivity index is 1.83. The van der Waals surface area contributed by atoms with Crippen molar-refractivity contribution in [3.63, 3.8) is 0 Å². The lowest BCUT2D eigenvalue weighted by atomic mass is 10.1. The van der Waals surface area contributed by atoms with Crippen LogP contribution in [0.1, 0.15) is 12.5 Å². The Morgan fingerprint density at radius 2 is 1.88 bits per heavy atom. The van der Waals surface area contributed by atoms with Crippen LogP contribution in [0.4, 0.5) is 17.1 Å². The predicted octanol–water partition coefficient (Wildman–Crippen LogP) is 3.93. The SMILES string of the molecule is COCCN1c2cc(NSc3ccc(C)cc3)ccc2N(C)C(=O)C1C. The number of nitrogens with zero attached hydrogens (tertiary/aromatic N) is 2. The van der Waals surface area contributed by atoms with Gasteiger partial charge in [-0.2, -0.15) is 0 Å². The van der Waals surface area contributed by atoms with Gasteiger partial charge in [-0.3, -0.25) is 4.79 Å². The van der Waals surface area contributed by atoms with E-state index in [-0.39, 0.29) is 11.9 Å². The van der Waals surface area contributed by atoms with E-state index >= 15 is 0 Å². The number of hydrogen-bond donors (Lipinski definition) is 1. The number of fused-ring (bicyclic) bond motifs is 1. The van der Waals surface area contributed by atoms with Gasteiger partial charge in [-0.25, -0.2) is 0 Å². The first kappa shape index (κ1) is 18.6. The average molecular weight is 372 g/mol. The van der Waals surface area contributed by atoms with E-state index in [9.17, 15) is 4.79 Å². The monoisotopic (exact) mass is 371 g/mol. The van der Waals surface area contributed by atoms with Crippen LogP contribution in [0.25, 0.3) is 0 Å². The largest absolute Gasteiger partial charge is 0.383 e. The molecule has 0 bridgehead atoms. The van der Waals surface area contributed by atoms with Crippen LogP contribution >= 0.6 is 11.9 Å². The van der Waals surface area contributed by atoms with Crippen molar-refractivity contribution in [1.82, 2.24) is 0 Å². The summed E-state index contributed by atoms with van der Waals surface area (Å²) in [5, 5.41) is 0. The summed E-state index contributed by atoms with van der Waals surface area (Å²) in [7, 11) is 3.51. The fourth-order valence-electron chi connectivity index (χ4n) is 3.07. The maximum Gasteiger partial charge on any atom is 0.249 e. The van der Waals surface area contributed by atoms with Gasteiger partial charge in [-0.05, 0) is 56.1 Å². The number of benzene rings is 2. The third-order valence-corrected chi connectivity index (χ3v) is 5.49. The molecule has 3 rings (SSSR count). The molecule has 2 aromatic carbocycles. The second-order valence-electron chi connectivity index (χ2n) is 6.48. The van der Waals surface area contributed by atoms with E-state index in [4.69, 9.17) is 4.74 Å². The molecule has 0 fully saturated rings. The zero-order chi connectivity index (χ0) is 18.7. The Morgan fingerprint density at radius 3 is 2.58 bits per heavy atom. The van der Waals surface area contributed by atoms with E-state index in [1.165, 1.54) is 5.56 Å². The second kappa shape index (κ2) is 8.01. The molecule has 5 nitrogen and oxygen atoms in total. The highest BCUT2D eigenvalue weighted by Crippen LogP contribution is 2.38. The summed E-state index contributed by atoms with van der Waals surface area (Å²) < 4.78 is 8.63. The van der Waals surface area contributed by atoms with Gasteiger partial charge >= 0.3 is 0 Å². The summed E-state index contributed by atoms with van der Waals surface area (Å²) in [5.74, 6) is 0.100. The lowest BCUT2D eigenvalue weighted by molar-refractivity contribution is -0.119. The van der Waals surface area contributed by atoms with E-state index < -0.39 is 0 Å². The Bertz CT molecular complexity index is 779. The molecule has 1 unspecified atom stereocenters. The molecule has 0 saturated carbocycles. The van der Waals surface area contributed by atoms with Crippen LogP contribution in [-0.4, -0.2) is 39.3 Å². The number of carbonyl (C=O) groups excluding carboxylic acids is 1. The van der Waals surface area contributed by atoms with Crippen molar-refractivity contribution in [2.45, 2.75) is 24.8 Å². The first-order chi connectivity index (χ1) is 12.5. The Hall–Kier alpha value is -2.18. The predicted molar refractivity (Wildman–Crippen MR) is 109 cm³/mol. The van der Waals surface area contributed by atoms with Gasteiger partial charge in [-0.1, -0.05) is 17.7 Å². The molecule has 0 aromatic heterocycles. The number of ether oxygens (including phenoxy) is 1. The number of nitrogens with one attached hydrogen (secondary N) is 1. The maximum absolute atomic E-state index is 12.5. The number of likely N-dealkylation sites (N-methyl/N-ethyl adjacent to an activating group) is 1. The van der Waals surface area contributed by atoms with Crippen LogP contribution in [-0.2, 0) is 9.53 Å². The van der Waals surface area contributed by atoms with E-state index in [0.717, 1.165) is 22.0 Å². The van der Waals surface area contributed by atoms with Gasteiger partial charge in [0.05, 0.1) is 18.0 Å². The Morgan fingerprint density at radius 1 is 1.15 bits per heavy atom. The number of methoxy groups -OCH3 is 1. The van der Waals surface area contributed by atoms with Gasteiger partial charge < -0.3 is 19.3 Å². The minimum atomic E-state index is -0.206. The number of carbonyl (C=O) groups is 1. The fourth-order valence-corrected chi connectivity index (χ4v) is 3.70. The van der Waals surface area contributed by atoms with Gasteiger partial charge in [0.2, 0.25) is 5.91 Å². The second-order valence-corrected chi connectivity index (χ2v) is 7.36. The van der Waals surface area contributed by atoms with Crippen molar-refractivity contribution < 1.29 is 9.53 Å². The summed E-state index contributed by atoms with van der Waals surface area (Å²) in [5.41, 5.74) is 4.23. The fraction of sp³-hybridized carbons (Fsp3) is 0.350. The van der Waals surface area contributed by atoms with E-state index in [0.29, 0.717) is 13.2 Å². The van der Waals surface area contributed by atoms with Gasteiger partial charge in [0.15, 0.2) is 0 Å². The first-order valence-corrected chi connectivity index (χ1v) is 9.49. The molecule has 1 amide bonds. The Kier molecular flexibility index (Phi) is 5.74. The zero-order valence-electron chi connectivity index (χ0n) is 15.7. The van der Waals surface area contributed by atoms with Crippen LogP contribution in [0.3, 0.4) is 0 Å². The molecule has 1 atom stereocenters. The summed E-state index contributed by atoms with van der Waals surface area (Å²) in [6, 6.07) is 14.3. The van der Waals surface area contributed by atoms with Crippen LogP contribution in [0.5, 0.6) is 0 Å². The molecule has 138 valence electrons. The summed E-state index contributed by atoms with van der Waals surface area (Å²) in [4.78, 5) is 17.5. The number of anilines is 3. The van der Waals surface area contributed by atoms with Crippen molar-refractivity contribution in [2.75, 3.05) is 41.8 Å². The molecular weight excluding hydrogens is 346 g/mol. The molecule has 1 N–H and O–H groups in total. The van der Waals surface area contributed by atoms with E-state index in [1.807, 2.05) is 26.1 Å². The van der Waals surface area contributed by atoms with Crippen LogP contribution in [0.15, 0.2) is 47.4 Å². The maximum atomic E-state index is 12.5. The summed E-state index contributed by atoms with van der Waals surface area (Å²) >= 11 is 1.58. The number of hydrogen-bond acceptors (Lipinski definition) is 5. The number of rotatable bonds is 6. The summed E-state index contributed by atoms with van der Waals surface area (Å²) in [6.07, 6.45) is 0. The highest BCUT2D eigenvalue weighted by Gasteiger charge is 2.33. The van der Waals surface area contributed by atoms with Crippen LogP contribution in [0, 0.1) is 6.92 Å². The van der Waals surface area contributed by atoms with Crippen LogP contribution in [0.2, 0.25) is 0 Å². The number of aryl methyl sites for hydroxylation is 1. The molecule has 0 radical (unpaired) electrons. The minimum absolute atomic E-state index is 0.100. The Labute approximate surface area is 159 Å². The lowest BCUT2D eigenvalue weighted by Crippen LogP contribution is -2.51. The van der Waals surface area contributed by atoms with Crippen molar-refractivity contribution in [3.05, 3.63) is 48.0 Å². The van der Waals surface area contributed by atoms with Crippen molar-refractivity contribution in [1.29, 1.82) is 0 Å². The molecule has 2 aromatic rings.